The Balaban J connectivity index is 1.69. The van der Waals surface area contributed by atoms with Crippen LogP contribution in [0.3, 0.4) is 0 Å². The number of aromatic nitrogens is 2. The number of ether oxygens (including phenoxy) is 3. The molecule has 1 saturated carbocycles. The van der Waals surface area contributed by atoms with E-state index in [4.69, 9.17) is 19.2 Å². The van der Waals surface area contributed by atoms with Crippen LogP contribution in [0.15, 0.2) is 50.8 Å². The Morgan fingerprint density at radius 3 is 2.64 bits per heavy atom. The van der Waals surface area contributed by atoms with Crippen molar-refractivity contribution in [2.75, 3.05) is 19.8 Å². The predicted octanol–water partition coefficient (Wildman–Crippen LogP) is 5.43. The maximum absolute atomic E-state index is 13.5. The monoisotopic (exact) mass is 555 g/mol. The number of halogens is 1. The molecule has 1 fully saturated rings. The van der Waals surface area contributed by atoms with Gasteiger partial charge in [0, 0.05) is 10.4 Å². The van der Waals surface area contributed by atoms with Gasteiger partial charge >= 0.3 is 5.97 Å². The molecule has 0 radical (unpaired) electrons. The van der Waals surface area contributed by atoms with Crippen LogP contribution in [-0.4, -0.2) is 41.7 Å². The summed E-state index contributed by atoms with van der Waals surface area (Å²) in [5.74, 6) is 1.35. The molecule has 1 heterocycles. The molecule has 1 aromatic heterocycles. The fourth-order valence-corrected chi connectivity index (χ4v) is 4.72. The maximum atomic E-state index is 13.5. The van der Waals surface area contributed by atoms with Crippen molar-refractivity contribution in [1.82, 2.24) is 9.66 Å². The number of hydrogen-bond acceptors (Lipinski definition) is 7. The highest BCUT2D eigenvalue weighted by molar-refractivity contribution is 9.10. The van der Waals surface area contributed by atoms with Gasteiger partial charge in [0.15, 0.2) is 18.1 Å². The molecule has 8 nitrogen and oxygen atoms in total. The van der Waals surface area contributed by atoms with Crippen LogP contribution < -0.4 is 15.0 Å². The first-order valence-electron chi connectivity index (χ1n) is 12.3. The Kier molecular flexibility index (Phi) is 8.74. The van der Waals surface area contributed by atoms with Crippen molar-refractivity contribution >= 4 is 39.0 Å². The Morgan fingerprint density at radius 1 is 1.08 bits per heavy atom. The predicted molar refractivity (Wildman–Crippen MR) is 142 cm³/mol. The minimum absolute atomic E-state index is 0.189. The topological polar surface area (TPSA) is 92.0 Å². The average Bonchev–Trinajstić information content (AvgIpc) is 2.88. The smallest absolute Gasteiger partial charge is 0.344 e. The van der Waals surface area contributed by atoms with Gasteiger partial charge in [0.05, 0.1) is 30.3 Å². The number of hydrogen-bond donors (Lipinski definition) is 0. The second kappa shape index (κ2) is 12.2. The van der Waals surface area contributed by atoms with Crippen LogP contribution in [0.4, 0.5) is 0 Å². The summed E-state index contributed by atoms with van der Waals surface area (Å²) in [5, 5.41) is 5.10. The Hall–Kier alpha value is -3.20. The summed E-state index contributed by atoms with van der Waals surface area (Å²) in [5.41, 5.74) is 1.20. The van der Waals surface area contributed by atoms with Crippen molar-refractivity contribution < 1.29 is 19.0 Å². The van der Waals surface area contributed by atoms with E-state index in [1.165, 1.54) is 11.1 Å². The number of esters is 1. The molecule has 9 heteroatoms. The quantitative estimate of drug-likeness (QED) is 0.258. The van der Waals surface area contributed by atoms with Gasteiger partial charge in [-0.1, -0.05) is 35.2 Å². The fraction of sp³-hybridized carbons (Fsp3) is 0.407. The van der Waals surface area contributed by atoms with E-state index in [0.717, 1.165) is 35.7 Å². The van der Waals surface area contributed by atoms with Crippen molar-refractivity contribution in [2.45, 2.75) is 51.9 Å². The van der Waals surface area contributed by atoms with Gasteiger partial charge in [-0.3, -0.25) is 4.79 Å². The van der Waals surface area contributed by atoms with E-state index in [1.807, 2.05) is 19.1 Å². The van der Waals surface area contributed by atoms with E-state index in [2.05, 4.69) is 21.0 Å². The number of rotatable bonds is 9. The summed E-state index contributed by atoms with van der Waals surface area (Å²) in [6.07, 6.45) is 7.05. The molecule has 0 spiro atoms. The van der Waals surface area contributed by atoms with Crippen molar-refractivity contribution in [3.8, 4) is 11.5 Å². The lowest BCUT2D eigenvalue weighted by atomic mass is 9.88. The zero-order valence-electron chi connectivity index (χ0n) is 20.5. The molecule has 190 valence electrons. The van der Waals surface area contributed by atoms with Gasteiger partial charge in [-0.05, 0) is 68.7 Å². The summed E-state index contributed by atoms with van der Waals surface area (Å²) >= 11 is 3.45. The SMILES string of the molecule is CCOC(=O)COc1ccc(C=Nn2c(C3CCCCC3)nc3ccc(Br)cc3c2=O)cc1OCC. The molecular formula is C27H30BrN3O5. The van der Waals surface area contributed by atoms with Crippen LogP contribution in [0, 0.1) is 0 Å². The largest absolute Gasteiger partial charge is 0.490 e. The third kappa shape index (κ3) is 6.13. The lowest BCUT2D eigenvalue weighted by molar-refractivity contribution is -0.145. The molecule has 2 aromatic carbocycles. The molecule has 0 atom stereocenters. The first kappa shape index (κ1) is 25.9. The van der Waals surface area contributed by atoms with Crippen LogP contribution in [0.5, 0.6) is 11.5 Å². The molecule has 0 N–H and O–H groups in total. The minimum atomic E-state index is -0.448. The zero-order valence-corrected chi connectivity index (χ0v) is 22.1. The lowest BCUT2D eigenvalue weighted by Crippen LogP contribution is -2.25. The molecular weight excluding hydrogens is 526 g/mol. The highest BCUT2D eigenvalue weighted by atomic mass is 79.9. The molecule has 36 heavy (non-hydrogen) atoms. The zero-order chi connectivity index (χ0) is 25.5. The van der Waals surface area contributed by atoms with Crippen molar-refractivity contribution in [2.24, 2.45) is 5.10 Å². The van der Waals surface area contributed by atoms with E-state index in [-0.39, 0.29) is 18.1 Å². The van der Waals surface area contributed by atoms with E-state index in [9.17, 15) is 9.59 Å². The van der Waals surface area contributed by atoms with Gasteiger partial charge in [-0.25, -0.2) is 9.78 Å². The number of benzene rings is 2. The fourth-order valence-electron chi connectivity index (χ4n) is 4.36. The van der Waals surface area contributed by atoms with E-state index >= 15 is 0 Å². The van der Waals surface area contributed by atoms with Crippen LogP contribution in [-0.2, 0) is 9.53 Å². The van der Waals surface area contributed by atoms with Crippen molar-refractivity contribution in [3.05, 3.63) is 62.6 Å². The van der Waals surface area contributed by atoms with E-state index < -0.39 is 5.97 Å². The molecule has 0 bridgehead atoms. The second-order valence-electron chi connectivity index (χ2n) is 8.56. The first-order valence-corrected chi connectivity index (χ1v) is 13.1. The first-order chi connectivity index (χ1) is 17.5. The molecule has 1 aliphatic carbocycles. The molecule has 1 aliphatic rings. The molecule has 4 rings (SSSR count). The van der Waals surface area contributed by atoms with Crippen molar-refractivity contribution in [3.63, 3.8) is 0 Å². The number of carbonyl (C=O) groups excluding carboxylic acids is 1. The number of nitrogens with zero attached hydrogens (tertiary/aromatic N) is 3. The van der Waals surface area contributed by atoms with Crippen LogP contribution in [0.1, 0.15) is 63.3 Å². The average molecular weight is 556 g/mol. The number of fused-ring (bicyclic) bond motifs is 1. The molecule has 0 unspecified atom stereocenters. The highest BCUT2D eigenvalue weighted by Gasteiger charge is 2.22. The van der Waals surface area contributed by atoms with Crippen LogP contribution in [0.25, 0.3) is 10.9 Å². The highest BCUT2D eigenvalue weighted by Crippen LogP contribution is 2.32. The number of carbonyl (C=O) groups is 1. The van der Waals surface area contributed by atoms with Crippen LogP contribution in [0.2, 0.25) is 0 Å². The maximum Gasteiger partial charge on any atom is 0.344 e. The molecule has 3 aromatic rings. The van der Waals surface area contributed by atoms with Gasteiger partial charge in [0.25, 0.3) is 5.56 Å². The van der Waals surface area contributed by atoms with Gasteiger partial charge in [-0.2, -0.15) is 9.78 Å². The van der Waals surface area contributed by atoms with Gasteiger partial charge in [-0.15, -0.1) is 0 Å². The summed E-state index contributed by atoms with van der Waals surface area (Å²) in [4.78, 5) is 30.0. The Bertz CT molecular complexity index is 1310. The van der Waals surface area contributed by atoms with E-state index in [0.29, 0.717) is 41.4 Å². The molecule has 0 aliphatic heterocycles. The molecule has 0 saturated heterocycles. The minimum Gasteiger partial charge on any atom is -0.490 e. The Labute approximate surface area is 218 Å². The summed E-state index contributed by atoms with van der Waals surface area (Å²) in [6.45, 7) is 4.11. The Morgan fingerprint density at radius 2 is 1.89 bits per heavy atom. The normalized spacial score (nSPS) is 14.3. The summed E-state index contributed by atoms with van der Waals surface area (Å²) in [7, 11) is 0. The summed E-state index contributed by atoms with van der Waals surface area (Å²) in [6, 6.07) is 10.8. The van der Waals surface area contributed by atoms with Gasteiger partial charge in [0.1, 0.15) is 5.82 Å². The molecule has 0 amide bonds. The second-order valence-corrected chi connectivity index (χ2v) is 9.48. The third-order valence-corrected chi connectivity index (χ3v) is 6.54. The van der Waals surface area contributed by atoms with Gasteiger partial charge < -0.3 is 14.2 Å². The standard InChI is InChI=1S/C27H30BrN3O5/c1-3-34-24-14-18(10-13-23(24)36-17-25(32)35-4-2)16-29-31-26(19-8-6-5-7-9-19)30-22-12-11-20(28)15-21(22)27(31)33/h10-16,19H,3-9,17H2,1-2H3. The van der Waals surface area contributed by atoms with Crippen LogP contribution >= 0.6 is 15.9 Å². The van der Waals surface area contributed by atoms with Gasteiger partial charge in [0.2, 0.25) is 0 Å². The van der Waals surface area contributed by atoms with E-state index in [1.54, 1.807) is 37.4 Å². The lowest BCUT2D eigenvalue weighted by Gasteiger charge is -2.22. The third-order valence-electron chi connectivity index (χ3n) is 6.04. The van der Waals surface area contributed by atoms with Crippen molar-refractivity contribution in [1.29, 1.82) is 0 Å². The summed E-state index contributed by atoms with van der Waals surface area (Å²) < 4.78 is 18.5.